The molecule has 1 fully saturated rings. The molecule has 2 aromatic rings. The van der Waals surface area contributed by atoms with Crippen LogP contribution in [-0.2, 0) is 0 Å². The van der Waals surface area contributed by atoms with Gasteiger partial charge in [0.05, 0.1) is 5.56 Å². The molecule has 1 aliphatic rings. The molecule has 0 radical (unpaired) electrons. The van der Waals surface area contributed by atoms with Gasteiger partial charge < -0.3 is 15.3 Å². The van der Waals surface area contributed by atoms with Gasteiger partial charge in [-0.2, -0.15) is 0 Å². The highest BCUT2D eigenvalue weighted by Gasteiger charge is 2.18. The van der Waals surface area contributed by atoms with Crippen LogP contribution < -0.4 is 10.2 Å². The van der Waals surface area contributed by atoms with Crippen molar-refractivity contribution in [1.82, 2.24) is 10.2 Å². The molecule has 1 saturated heterocycles. The Morgan fingerprint density at radius 3 is 2.43 bits per heavy atom. The first-order chi connectivity index (χ1) is 13.6. The van der Waals surface area contributed by atoms with Gasteiger partial charge in [0.2, 0.25) is 0 Å². The van der Waals surface area contributed by atoms with Gasteiger partial charge in [-0.25, -0.2) is 0 Å². The summed E-state index contributed by atoms with van der Waals surface area (Å²) in [5, 5.41) is 12.3. The SMILES string of the molecule is CNC(=O)c1cc(C(=O)CCCN2CCN(c3ccccc3)CC2)ccc1O. The average molecular weight is 381 g/mol. The third-order valence-electron chi connectivity index (χ3n) is 5.16. The van der Waals surface area contributed by atoms with Crippen molar-refractivity contribution in [1.29, 1.82) is 0 Å². The number of piperazine rings is 1. The summed E-state index contributed by atoms with van der Waals surface area (Å²) in [7, 11) is 1.49. The van der Waals surface area contributed by atoms with E-state index in [2.05, 4.69) is 39.4 Å². The molecule has 0 saturated carbocycles. The number of hydrogen-bond acceptors (Lipinski definition) is 5. The molecule has 1 amide bonds. The van der Waals surface area contributed by atoms with Crippen LogP contribution in [0.1, 0.15) is 33.6 Å². The van der Waals surface area contributed by atoms with Gasteiger partial charge in [-0.3, -0.25) is 14.5 Å². The monoisotopic (exact) mass is 381 g/mol. The molecule has 0 atom stereocenters. The number of nitrogens with zero attached hydrogens (tertiary/aromatic N) is 2. The summed E-state index contributed by atoms with van der Waals surface area (Å²) in [4.78, 5) is 29.0. The second-order valence-electron chi connectivity index (χ2n) is 7.00. The topological polar surface area (TPSA) is 72.9 Å². The number of carbonyl (C=O) groups is 2. The number of benzene rings is 2. The summed E-state index contributed by atoms with van der Waals surface area (Å²) in [5.74, 6) is -0.524. The molecule has 0 aliphatic carbocycles. The number of anilines is 1. The summed E-state index contributed by atoms with van der Waals surface area (Å²) in [6.07, 6.45) is 1.21. The van der Waals surface area contributed by atoms with E-state index in [-0.39, 0.29) is 17.1 Å². The molecule has 0 spiro atoms. The highest BCUT2D eigenvalue weighted by molar-refractivity contribution is 6.02. The molecule has 28 heavy (non-hydrogen) atoms. The molecular weight excluding hydrogens is 354 g/mol. The van der Waals surface area contributed by atoms with Gasteiger partial charge in [-0.1, -0.05) is 18.2 Å². The normalized spacial score (nSPS) is 14.7. The van der Waals surface area contributed by atoms with E-state index < -0.39 is 5.91 Å². The summed E-state index contributed by atoms with van der Waals surface area (Å²) in [6, 6.07) is 14.9. The maximum absolute atomic E-state index is 12.5. The zero-order valence-corrected chi connectivity index (χ0v) is 16.2. The van der Waals surface area contributed by atoms with E-state index in [1.165, 1.54) is 24.9 Å². The summed E-state index contributed by atoms with van der Waals surface area (Å²) < 4.78 is 0. The maximum Gasteiger partial charge on any atom is 0.254 e. The van der Waals surface area contributed by atoms with Gasteiger partial charge in [-0.15, -0.1) is 0 Å². The fourth-order valence-corrected chi connectivity index (χ4v) is 3.50. The van der Waals surface area contributed by atoms with Crippen molar-refractivity contribution in [2.75, 3.05) is 44.7 Å². The number of phenolic OH excluding ortho intramolecular Hbond substituents is 1. The van der Waals surface area contributed by atoms with Gasteiger partial charge in [0.15, 0.2) is 5.78 Å². The van der Waals surface area contributed by atoms with Crippen LogP contribution in [0.15, 0.2) is 48.5 Å². The standard InChI is InChI=1S/C22H27N3O3/c1-23-22(28)19-16-17(9-10-21(19)27)20(26)8-5-11-24-12-14-25(15-13-24)18-6-3-2-4-7-18/h2-4,6-7,9-10,16,27H,5,8,11-15H2,1H3,(H,23,28). The number of phenols is 1. The first-order valence-corrected chi connectivity index (χ1v) is 9.69. The largest absolute Gasteiger partial charge is 0.507 e. The molecule has 148 valence electrons. The van der Waals surface area contributed by atoms with Crippen LogP contribution in [0, 0.1) is 0 Å². The van der Waals surface area contributed by atoms with Gasteiger partial charge in [0.1, 0.15) is 5.75 Å². The first kappa shape index (κ1) is 19.9. The zero-order valence-electron chi connectivity index (χ0n) is 16.2. The van der Waals surface area contributed by atoms with Crippen LogP contribution in [0.25, 0.3) is 0 Å². The Morgan fingerprint density at radius 1 is 1.04 bits per heavy atom. The van der Waals surface area contributed by atoms with Gasteiger partial charge in [0.25, 0.3) is 5.91 Å². The van der Waals surface area contributed by atoms with Gasteiger partial charge in [0, 0.05) is 50.9 Å². The summed E-state index contributed by atoms with van der Waals surface area (Å²) in [5.41, 5.74) is 1.85. The molecular formula is C22H27N3O3. The van der Waals surface area contributed by atoms with Crippen molar-refractivity contribution < 1.29 is 14.7 Å². The molecule has 2 aromatic carbocycles. The van der Waals surface area contributed by atoms with Crippen LogP contribution >= 0.6 is 0 Å². The van der Waals surface area contributed by atoms with Crippen LogP contribution in [-0.4, -0.2) is 61.5 Å². The molecule has 1 heterocycles. The lowest BCUT2D eigenvalue weighted by Gasteiger charge is -2.36. The molecule has 0 unspecified atom stereocenters. The zero-order chi connectivity index (χ0) is 19.9. The number of Topliss-reactive ketones (excluding diaryl/α,β-unsaturated/α-hetero) is 1. The lowest BCUT2D eigenvalue weighted by Crippen LogP contribution is -2.46. The van der Waals surface area contributed by atoms with E-state index in [9.17, 15) is 14.7 Å². The van der Waals surface area contributed by atoms with E-state index in [0.717, 1.165) is 39.1 Å². The molecule has 6 nitrogen and oxygen atoms in total. The summed E-state index contributed by atoms with van der Waals surface area (Å²) in [6.45, 7) is 4.85. The fraction of sp³-hybridized carbons (Fsp3) is 0.364. The van der Waals surface area contributed by atoms with Crippen molar-refractivity contribution in [3.8, 4) is 5.75 Å². The number of hydrogen-bond donors (Lipinski definition) is 2. The van der Waals surface area contributed by atoms with E-state index in [1.807, 2.05) is 6.07 Å². The number of ketones is 1. The highest BCUT2D eigenvalue weighted by atomic mass is 16.3. The fourth-order valence-electron chi connectivity index (χ4n) is 3.50. The van der Waals surface area contributed by atoms with Crippen molar-refractivity contribution in [2.24, 2.45) is 0 Å². The minimum atomic E-state index is -0.400. The molecule has 0 aromatic heterocycles. The van der Waals surface area contributed by atoms with Crippen molar-refractivity contribution >= 4 is 17.4 Å². The minimum Gasteiger partial charge on any atom is -0.507 e. The maximum atomic E-state index is 12.5. The average Bonchev–Trinajstić information content (AvgIpc) is 2.74. The van der Waals surface area contributed by atoms with Crippen molar-refractivity contribution in [3.05, 3.63) is 59.7 Å². The second-order valence-corrected chi connectivity index (χ2v) is 7.00. The number of rotatable bonds is 7. The van der Waals surface area contributed by atoms with E-state index in [0.29, 0.717) is 12.0 Å². The Morgan fingerprint density at radius 2 is 1.75 bits per heavy atom. The van der Waals surface area contributed by atoms with E-state index in [1.54, 1.807) is 6.07 Å². The Kier molecular flexibility index (Phi) is 6.66. The molecule has 1 aliphatic heterocycles. The Hall–Kier alpha value is -2.86. The Balaban J connectivity index is 1.46. The lowest BCUT2D eigenvalue weighted by molar-refractivity contribution is 0.0960. The molecule has 2 N–H and O–H groups in total. The highest BCUT2D eigenvalue weighted by Crippen LogP contribution is 2.20. The number of para-hydroxylation sites is 1. The quantitative estimate of drug-likeness (QED) is 0.721. The Bertz CT molecular complexity index is 815. The van der Waals surface area contributed by atoms with E-state index in [4.69, 9.17) is 0 Å². The lowest BCUT2D eigenvalue weighted by atomic mass is 10.0. The third kappa shape index (κ3) is 4.89. The predicted molar refractivity (Wildman–Crippen MR) is 110 cm³/mol. The molecule has 3 rings (SSSR count). The number of carbonyl (C=O) groups excluding carboxylic acids is 2. The van der Waals surface area contributed by atoms with Gasteiger partial charge in [-0.05, 0) is 43.3 Å². The Labute approximate surface area is 165 Å². The molecule has 6 heteroatoms. The van der Waals surface area contributed by atoms with Crippen LogP contribution in [0.2, 0.25) is 0 Å². The number of amides is 1. The predicted octanol–water partition coefficient (Wildman–Crippen LogP) is 2.54. The van der Waals surface area contributed by atoms with Crippen LogP contribution in [0.4, 0.5) is 5.69 Å². The summed E-state index contributed by atoms with van der Waals surface area (Å²) >= 11 is 0. The minimum absolute atomic E-state index is 0.00641. The number of nitrogens with one attached hydrogen (secondary N) is 1. The first-order valence-electron chi connectivity index (χ1n) is 9.69. The molecule has 0 bridgehead atoms. The van der Waals surface area contributed by atoms with Gasteiger partial charge >= 0.3 is 0 Å². The van der Waals surface area contributed by atoms with Crippen molar-refractivity contribution in [2.45, 2.75) is 12.8 Å². The third-order valence-corrected chi connectivity index (χ3v) is 5.16. The van der Waals surface area contributed by atoms with Crippen LogP contribution in [0.5, 0.6) is 5.75 Å². The number of aromatic hydroxyl groups is 1. The smallest absolute Gasteiger partial charge is 0.254 e. The van der Waals surface area contributed by atoms with E-state index >= 15 is 0 Å². The second kappa shape index (κ2) is 9.37. The van der Waals surface area contributed by atoms with Crippen LogP contribution in [0.3, 0.4) is 0 Å². The van der Waals surface area contributed by atoms with Crippen molar-refractivity contribution in [3.63, 3.8) is 0 Å².